The number of nitrogens with zero attached hydrogens (tertiary/aromatic N) is 1. The third kappa shape index (κ3) is 3.28. The van der Waals surface area contributed by atoms with Gasteiger partial charge in [0.2, 0.25) is 0 Å². The predicted octanol–water partition coefficient (Wildman–Crippen LogP) is 1.78. The minimum atomic E-state index is -0.207. The van der Waals surface area contributed by atoms with Crippen molar-refractivity contribution < 1.29 is 4.39 Å². The van der Waals surface area contributed by atoms with E-state index in [2.05, 4.69) is 5.32 Å². The van der Waals surface area contributed by atoms with Crippen molar-refractivity contribution in [3.8, 4) is 0 Å². The standard InChI is InChI=1S/C14H15FN2O/c15-13-6-2-1-5-12(13)11-16-8-10-17-9-4-3-7-14(17)18/h1-7,9,16H,8,10-11H2. The van der Waals surface area contributed by atoms with Gasteiger partial charge in [-0.05, 0) is 12.1 Å². The van der Waals surface area contributed by atoms with Crippen molar-refractivity contribution >= 4 is 0 Å². The SMILES string of the molecule is O=c1ccccn1CCNCc1ccccc1F. The number of pyridine rings is 1. The molecule has 0 fully saturated rings. The Labute approximate surface area is 105 Å². The Balaban J connectivity index is 1.82. The fraction of sp³-hybridized carbons (Fsp3) is 0.214. The average Bonchev–Trinajstić information content (AvgIpc) is 2.38. The van der Waals surface area contributed by atoms with Gasteiger partial charge in [-0.1, -0.05) is 24.3 Å². The molecule has 0 atom stereocenters. The van der Waals surface area contributed by atoms with E-state index >= 15 is 0 Å². The molecule has 2 rings (SSSR count). The van der Waals surface area contributed by atoms with Gasteiger partial charge in [-0.15, -0.1) is 0 Å². The molecule has 0 bridgehead atoms. The van der Waals surface area contributed by atoms with Gasteiger partial charge in [-0.25, -0.2) is 4.39 Å². The third-order valence-corrected chi connectivity index (χ3v) is 2.70. The average molecular weight is 246 g/mol. The normalized spacial score (nSPS) is 10.5. The Hall–Kier alpha value is -1.94. The number of halogens is 1. The van der Waals surface area contributed by atoms with Gasteiger partial charge < -0.3 is 9.88 Å². The predicted molar refractivity (Wildman–Crippen MR) is 68.8 cm³/mol. The molecule has 0 aliphatic heterocycles. The molecule has 1 N–H and O–H groups in total. The van der Waals surface area contributed by atoms with Crippen molar-refractivity contribution in [3.05, 3.63) is 70.4 Å². The second kappa shape index (κ2) is 6.12. The molecule has 0 aliphatic carbocycles. The molecule has 1 aromatic heterocycles. The van der Waals surface area contributed by atoms with Gasteiger partial charge >= 0.3 is 0 Å². The summed E-state index contributed by atoms with van der Waals surface area (Å²) in [4.78, 5) is 11.4. The van der Waals surface area contributed by atoms with Crippen molar-refractivity contribution in [2.45, 2.75) is 13.1 Å². The molecule has 2 aromatic rings. The Bertz CT molecular complexity index is 565. The topological polar surface area (TPSA) is 34.0 Å². The van der Waals surface area contributed by atoms with E-state index < -0.39 is 0 Å². The highest BCUT2D eigenvalue weighted by atomic mass is 19.1. The lowest BCUT2D eigenvalue weighted by Gasteiger charge is -2.07. The van der Waals surface area contributed by atoms with Gasteiger partial charge in [-0.2, -0.15) is 0 Å². The lowest BCUT2D eigenvalue weighted by atomic mass is 10.2. The lowest BCUT2D eigenvalue weighted by Crippen LogP contribution is -2.26. The summed E-state index contributed by atoms with van der Waals surface area (Å²) in [5.41, 5.74) is 0.614. The van der Waals surface area contributed by atoms with E-state index in [4.69, 9.17) is 0 Å². The van der Waals surface area contributed by atoms with Crippen LogP contribution in [0.4, 0.5) is 4.39 Å². The summed E-state index contributed by atoms with van der Waals surface area (Å²) in [6, 6.07) is 11.7. The molecule has 1 aromatic carbocycles. The number of hydrogen-bond donors (Lipinski definition) is 1. The number of hydrogen-bond acceptors (Lipinski definition) is 2. The monoisotopic (exact) mass is 246 g/mol. The van der Waals surface area contributed by atoms with E-state index in [0.717, 1.165) is 0 Å². The van der Waals surface area contributed by atoms with E-state index in [0.29, 0.717) is 25.2 Å². The molecular weight excluding hydrogens is 231 g/mol. The Morgan fingerprint density at radius 2 is 1.89 bits per heavy atom. The first kappa shape index (κ1) is 12.5. The van der Waals surface area contributed by atoms with Crippen molar-refractivity contribution in [1.82, 2.24) is 9.88 Å². The summed E-state index contributed by atoms with van der Waals surface area (Å²) in [7, 11) is 0. The molecule has 3 nitrogen and oxygen atoms in total. The van der Waals surface area contributed by atoms with Gasteiger partial charge in [0.05, 0.1) is 0 Å². The van der Waals surface area contributed by atoms with Crippen LogP contribution in [0.5, 0.6) is 0 Å². The first-order valence-electron chi connectivity index (χ1n) is 5.87. The number of rotatable bonds is 5. The van der Waals surface area contributed by atoms with Crippen LogP contribution in [0.15, 0.2) is 53.5 Å². The van der Waals surface area contributed by atoms with E-state index in [-0.39, 0.29) is 11.4 Å². The summed E-state index contributed by atoms with van der Waals surface area (Å²) in [6.07, 6.45) is 1.74. The fourth-order valence-corrected chi connectivity index (χ4v) is 1.71. The molecule has 18 heavy (non-hydrogen) atoms. The molecule has 0 saturated heterocycles. The van der Waals surface area contributed by atoms with Gasteiger partial charge in [-0.3, -0.25) is 4.79 Å². The molecule has 4 heteroatoms. The maximum absolute atomic E-state index is 13.3. The van der Waals surface area contributed by atoms with Crippen LogP contribution in [0.25, 0.3) is 0 Å². The van der Waals surface area contributed by atoms with Crippen molar-refractivity contribution in [1.29, 1.82) is 0 Å². The Morgan fingerprint density at radius 3 is 2.67 bits per heavy atom. The summed E-state index contributed by atoms with van der Waals surface area (Å²) >= 11 is 0. The zero-order chi connectivity index (χ0) is 12.8. The zero-order valence-electron chi connectivity index (χ0n) is 9.97. The van der Waals surface area contributed by atoms with Crippen LogP contribution in [0.2, 0.25) is 0 Å². The molecule has 1 heterocycles. The quantitative estimate of drug-likeness (QED) is 0.816. The van der Waals surface area contributed by atoms with Crippen LogP contribution in [0.1, 0.15) is 5.56 Å². The highest BCUT2D eigenvalue weighted by molar-refractivity contribution is 5.16. The Morgan fingerprint density at radius 1 is 1.11 bits per heavy atom. The second-order valence-corrected chi connectivity index (χ2v) is 4.00. The summed E-state index contributed by atoms with van der Waals surface area (Å²) < 4.78 is 14.9. The molecule has 0 radical (unpaired) electrons. The van der Waals surface area contributed by atoms with E-state index in [1.807, 2.05) is 12.1 Å². The summed E-state index contributed by atoms with van der Waals surface area (Å²) in [5, 5.41) is 3.12. The molecule has 0 amide bonds. The maximum Gasteiger partial charge on any atom is 0.250 e. The van der Waals surface area contributed by atoms with Gasteiger partial charge in [0.1, 0.15) is 5.82 Å². The highest BCUT2D eigenvalue weighted by Gasteiger charge is 1.99. The van der Waals surface area contributed by atoms with Gasteiger partial charge in [0.15, 0.2) is 0 Å². The van der Waals surface area contributed by atoms with Crippen LogP contribution >= 0.6 is 0 Å². The second-order valence-electron chi connectivity index (χ2n) is 4.00. The minimum absolute atomic E-state index is 0.0230. The highest BCUT2D eigenvalue weighted by Crippen LogP contribution is 2.04. The third-order valence-electron chi connectivity index (χ3n) is 2.70. The summed E-state index contributed by atoms with van der Waals surface area (Å²) in [6.45, 7) is 1.67. The van der Waals surface area contributed by atoms with Crippen molar-refractivity contribution in [3.63, 3.8) is 0 Å². The number of nitrogens with one attached hydrogen (secondary N) is 1. The van der Waals surface area contributed by atoms with Crippen molar-refractivity contribution in [2.24, 2.45) is 0 Å². The van der Waals surface area contributed by atoms with E-state index in [9.17, 15) is 9.18 Å². The van der Waals surface area contributed by atoms with Crippen LogP contribution in [0, 0.1) is 5.82 Å². The van der Waals surface area contributed by atoms with E-state index in [1.54, 1.807) is 29.0 Å². The molecule has 0 aliphatic rings. The Kier molecular flexibility index (Phi) is 4.25. The van der Waals surface area contributed by atoms with Gasteiger partial charge in [0, 0.05) is 37.5 Å². The first-order chi connectivity index (χ1) is 8.77. The van der Waals surface area contributed by atoms with E-state index in [1.165, 1.54) is 12.1 Å². The molecule has 0 spiro atoms. The molecule has 94 valence electrons. The summed E-state index contributed by atoms with van der Waals surface area (Å²) in [5.74, 6) is -0.207. The zero-order valence-corrected chi connectivity index (χ0v) is 9.97. The number of benzene rings is 1. The molecule has 0 unspecified atom stereocenters. The van der Waals surface area contributed by atoms with Crippen LogP contribution in [-0.2, 0) is 13.1 Å². The first-order valence-corrected chi connectivity index (χ1v) is 5.87. The van der Waals surface area contributed by atoms with Crippen LogP contribution in [-0.4, -0.2) is 11.1 Å². The minimum Gasteiger partial charge on any atom is -0.314 e. The molecule has 0 saturated carbocycles. The number of aromatic nitrogens is 1. The van der Waals surface area contributed by atoms with Crippen LogP contribution in [0.3, 0.4) is 0 Å². The maximum atomic E-state index is 13.3. The lowest BCUT2D eigenvalue weighted by molar-refractivity contribution is 0.559. The largest absolute Gasteiger partial charge is 0.314 e. The van der Waals surface area contributed by atoms with Gasteiger partial charge in [0.25, 0.3) is 5.56 Å². The molecular formula is C14H15FN2O. The smallest absolute Gasteiger partial charge is 0.250 e. The van der Waals surface area contributed by atoms with Crippen molar-refractivity contribution in [2.75, 3.05) is 6.54 Å². The fourth-order valence-electron chi connectivity index (χ4n) is 1.71. The van der Waals surface area contributed by atoms with Crippen LogP contribution < -0.4 is 10.9 Å².